The summed E-state index contributed by atoms with van der Waals surface area (Å²) >= 11 is 0. The summed E-state index contributed by atoms with van der Waals surface area (Å²) < 4.78 is 0. The van der Waals surface area contributed by atoms with Crippen LogP contribution < -0.4 is 11.1 Å². The number of carboxylic acid groups (broad SMARTS) is 3. The van der Waals surface area contributed by atoms with Crippen LogP contribution in [0.2, 0.25) is 0 Å². The van der Waals surface area contributed by atoms with Gasteiger partial charge in [-0.05, 0) is 12.8 Å². The maximum absolute atomic E-state index is 10.4. The number of aliphatic carboxylic acids is 3. The van der Waals surface area contributed by atoms with Crippen LogP contribution in [0, 0.1) is 0 Å². The molecular formula is C10H16N2O7. The van der Waals surface area contributed by atoms with Crippen LogP contribution in [0.1, 0.15) is 25.7 Å². The molecule has 1 aliphatic heterocycles. The van der Waals surface area contributed by atoms with Gasteiger partial charge in [-0.15, -0.1) is 0 Å². The Morgan fingerprint density at radius 1 is 1.32 bits per heavy atom. The minimum atomic E-state index is -1.17. The largest absolute Gasteiger partial charge is 0.481 e. The molecule has 9 nitrogen and oxygen atoms in total. The van der Waals surface area contributed by atoms with E-state index >= 15 is 0 Å². The van der Waals surface area contributed by atoms with Crippen molar-refractivity contribution in [3.63, 3.8) is 0 Å². The molecular weight excluding hydrogens is 260 g/mol. The Morgan fingerprint density at radius 3 is 2.16 bits per heavy atom. The minimum absolute atomic E-state index is 0.0231. The number of carbonyl (C=O) groups excluding carboxylic acids is 1. The van der Waals surface area contributed by atoms with E-state index in [9.17, 15) is 19.2 Å². The lowest BCUT2D eigenvalue weighted by molar-refractivity contribution is -0.141. The molecule has 108 valence electrons. The summed E-state index contributed by atoms with van der Waals surface area (Å²) in [6, 6.07) is -1.70. The third kappa shape index (κ3) is 7.71. The quantitative estimate of drug-likeness (QED) is 0.409. The van der Waals surface area contributed by atoms with Crippen molar-refractivity contribution in [1.29, 1.82) is 0 Å². The maximum atomic E-state index is 10.4. The van der Waals surface area contributed by atoms with Gasteiger partial charge in [0.15, 0.2) is 0 Å². The summed E-state index contributed by atoms with van der Waals surface area (Å²) in [5.74, 6) is -3.30. The molecule has 1 rings (SSSR count). The van der Waals surface area contributed by atoms with Crippen LogP contribution in [-0.2, 0) is 19.2 Å². The highest BCUT2D eigenvalue weighted by Gasteiger charge is 2.26. The van der Waals surface area contributed by atoms with E-state index in [0.29, 0.717) is 12.8 Å². The van der Waals surface area contributed by atoms with Crippen LogP contribution in [-0.4, -0.2) is 51.2 Å². The number of amides is 1. The molecule has 0 aromatic heterocycles. The molecule has 0 aromatic carbocycles. The molecule has 0 unspecified atom stereocenters. The standard InChI is InChI=1S/C5H9NO4.C5H7NO3/c6-3(5(9)10)1-2-4(7)8;7-4-2-1-3(6-4)5(8)9/h3H,1-2,6H2,(H,7,8)(H,9,10);3H,1-2H2,(H,6,7)(H,8,9)/t2*3-/m00/s1. The second kappa shape index (κ2) is 8.03. The Hall–Kier alpha value is -2.16. The van der Waals surface area contributed by atoms with Crippen molar-refractivity contribution in [1.82, 2.24) is 5.32 Å². The summed E-state index contributed by atoms with van der Waals surface area (Å²) in [6.45, 7) is 0. The Kier molecular flexibility index (Phi) is 7.12. The summed E-state index contributed by atoms with van der Waals surface area (Å²) in [5, 5.41) is 26.9. The van der Waals surface area contributed by atoms with Gasteiger partial charge in [0.2, 0.25) is 5.91 Å². The van der Waals surface area contributed by atoms with E-state index < -0.39 is 30.0 Å². The van der Waals surface area contributed by atoms with E-state index in [4.69, 9.17) is 21.1 Å². The monoisotopic (exact) mass is 276 g/mol. The highest BCUT2D eigenvalue weighted by atomic mass is 16.4. The lowest BCUT2D eigenvalue weighted by Crippen LogP contribution is -2.32. The molecule has 1 heterocycles. The highest BCUT2D eigenvalue weighted by Crippen LogP contribution is 2.05. The number of hydrogen-bond acceptors (Lipinski definition) is 5. The number of carboxylic acids is 3. The second-order valence-electron chi connectivity index (χ2n) is 3.87. The molecule has 1 amide bonds. The molecule has 1 saturated heterocycles. The molecule has 0 saturated carbocycles. The number of rotatable bonds is 5. The first kappa shape index (κ1) is 16.8. The van der Waals surface area contributed by atoms with Gasteiger partial charge in [-0.25, -0.2) is 4.79 Å². The van der Waals surface area contributed by atoms with Crippen molar-refractivity contribution in [2.75, 3.05) is 0 Å². The molecule has 6 N–H and O–H groups in total. The topological polar surface area (TPSA) is 167 Å². The summed E-state index contributed by atoms with van der Waals surface area (Å²) in [4.78, 5) is 40.4. The van der Waals surface area contributed by atoms with Crippen LogP contribution in [0.5, 0.6) is 0 Å². The highest BCUT2D eigenvalue weighted by molar-refractivity contribution is 5.87. The fourth-order valence-corrected chi connectivity index (χ4v) is 1.20. The lowest BCUT2D eigenvalue weighted by Gasteiger charge is -2.01. The van der Waals surface area contributed by atoms with Gasteiger partial charge in [-0.2, -0.15) is 0 Å². The van der Waals surface area contributed by atoms with E-state index in [1.165, 1.54) is 0 Å². The predicted octanol–water partition coefficient (Wildman–Crippen LogP) is -1.39. The van der Waals surface area contributed by atoms with Gasteiger partial charge in [0.05, 0.1) is 0 Å². The fraction of sp³-hybridized carbons (Fsp3) is 0.600. The zero-order valence-corrected chi connectivity index (χ0v) is 10.0. The number of nitrogens with two attached hydrogens (primary N) is 1. The van der Waals surface area contributed by atoms with E-state index in [1.54, 1.807) is 0 Å². The Balaban J connectivity index is 0.000000342. The van der Waals surface area contributed by atoms with Crippen molar-refractivity contribution < 1.29 is 34.5 Å². The minimum Gasteiger partial charge on any atom is -0.481 e. The van der Waals surface area contributed by atoms with Crippen molar-refractivity contribution in [2.45, 2.75) is 37.8 Å². The molecule has 0 aliphatic carbocycles. The third-order valence-electron chi connectivity index (χ3n) is 2.28. The summed E-state index contributed by atoms with van der Waals surface area (Å²) in [6.07, 6.45) is 0.545. The van der Waals surface area contributed by atoms with Gasteiger partial charge in [0.25, 0.3) is 0 Å². The molecule has 9 heteroatoms. The third-order valence-corrected chi connectivity index (χ3v) is 2.28. The summed E-state index contributed by atoms with van der Waals surface area (Å²) in [7, 11) is 0. The van der Waals surface area contributed by atoms with Gasteiger partial charge >= 0.3 is 17.9 Å². The van der Waals surface area contributed by atoms with Crippen LogP contribution in [0.3, 0.4) is 0 Å². The zero-order chi connectivity index (χ0) is 15.0. The number of carbonyl (C=O) groups is 4. The zero-order valence-electron chi connectivity index (χ0n) is 10.0. The van der Waals surface area contributed by atoms with Gasteiger partial charge in [0, 0.05) is 12.8 Å². The Morgan fingerprint density at radius 2 is 1.89 bits per heavy atom. The molecule has 0 aromatic rings. The molecule has 0 spiro atoms. The van der Waals surface area contributed by atoms with Crippen LogP contribution >= 0.6 is 0 Å². The summed E-state index contributed by atoms with van der Waals surface area (Å²) in [5.41, 5.74) is 5.00. The van der Waals surface area contributed by atoms with E-state index in [-0.39, 0.29) is 18.7 Å². The van der Waals surface area contributed by atoms with Gasteiger partial charge in [0.1, 0.15) is 12.1 Å². The van der Waals surface area contributed by atoms with Gasteiger partial charge < -0.3 is 26.4 Å². The van der Waals surface area contributed by atoms with Crippen LogP contribution in [0.4, 0.5) is 0 Å². The molecule has 0 radical (unpaired) electrons. The molecule has 1 fully saturated rings. The smallest absolute Gasteiger partial charge is 0.326 e. The SMILES string of the molecule is N[C@@H](CCC(=O)O)C(=O)O.O=C1CC[C@@H](C(=O)O)N1. The molecule has 1 aliphatic rings. The van der Waals surface area contributed by atoms with Gasteiger partial charge in [-0.3, -0.25) is 14.4 Å². The molecule has 0 bridgehead atoms. The molecule has 2 atom stereocenters. The average Bonchev–Trinajstić information content (AvgIpc) is 2.73. The number of nitrogens with one attached hydrogen (secondary N) is 1. The van der Waals surface area contributed by atoms with Crippen molar-refractivity contribution in [3.05, 3.63) is 0 Å². The predicted molar refractivity (Wildman–Crippen MR) is 61.3 cm³/mol. The Labute approximate surface area is 108 Å². The molecule has 19 heavy (non-hydrogen) atoms. The normalized spacial score (nSPS) is 18.8. The first-order chi connectivity index (χ1) is 8.73. The Bertz CT molecular complexity index is 369. The lowest BCUT2D eigenvalue weighted by atomic mass is 10.2. The van der Waals surface area contributed by atoms with E-state index in [1.807, 2.05) is 0 Å². The first-order valence-electron chi connectivity index (χ1n) is 5.46. The van der Waals surface area contributed by atoms with Crippen LogP contribution in [0.25, 0.3) is 0 Å². The van der Waals surface area contributed by atoms with E-state index in [2.05, 4.69) is 5.32 Å². The van der Waals surface area contributed by atoms with Gasteiger partial charge in [-0.1, -0.05) is 0 Å². The van der Waals surface area contributed by atoms with E-state index in [0.717, 1.165) is 0 Å². The maximum Gasteiger partial charge on any atom is 0.326 e. The first-order valence-corrected chi connectivity index (χ1v) is 5.46. The average molecular weight is 276 g/mol. The van der Waals surface area contributed by atoms with Crippen LogP contribution in [0.15, 0.2) is 0 Å². The fourth-order valence-electron chi connectivity index (χ4n) is 1.20. The second-order valence-corrected chi connectivity index (χ2v) is 3.87. The van der Waals surface area contributed by atoms with Crippen molar-refractivity contribution in [2.24, 2.45) is 5.73 Å². The van der Waals surface area contributed by atoms with Crippen molar-refractivity contribution >= 4 is 23.8 Å². The number of hydrogen-bond donors (Lipinski definition) is 5. The van der Waals surface area contributed by atoms with Crippen molar-refractivity contribution in [3.8, 4) is 0 Å².